The lowest BCUT2D eigenvalue weighted by molar-refractivity contribution is -0.113. The number of thioether (sulfide) groups is 1. The van der Waals surface area contributed by atoms with Crippen molar-refractivity contribution in [3.63, 3.8) is 0 Å². The minimum absolute atomic E-state index is 0.154. The van der Waals surface area contributed by atoms with Gasteiger partial charge in [0, 0.05) is 17.1 Å². The first-order valence-corrected chi connectivity index (χ1v) is 11.6. The number of carbonyl (C=O) groups excluding carboxylic acids is 2. The topological polar surface area (TPSA) is 88.9 Å². The highest BCUT2D eigenvalue weighted by Gasteiger charge is 2.19. The average molecular weight is 520 g/mol. The Labute approximate surface area is 198 Å². The second-order valence-corrected chi connectivity index (χ2v) is 9.15. The standard InChI is InChI=1S/C22H23BrFN5O2S/c1-12-9-17(23)18(10-13(12)2)26-19(30)11-32-22-28-27-20(29(22)4)14(3)25-21(31)15-5-7-16(24)8-6-15/h5-10,14H,11H2,1-4H3,(H,25,31)(H,26,30)/t14-/m1/s1. The number of rotatable bonds is 7. The maximum absolute atomic E-state index is 13.1. The van der Waals surface area contributed by atoms with Gasteiger partial charge in [-0.05, 0) is 84.2 Å². The highest BCUT2D eigenvalue weighted by molar-refractivity contribution is 9.10. The summed E-state index contributed by atoms with van der Waals surface area (Å²) >= 11 is 4.73. The highest BCUT2D eigenvalue weighted by atomic mass is 79.9. The van der Waals surface area contributed by atoms with Crippen LogP contribution in [0.4, 0.5) is 10.1 Å². The lowest BCUT2D eigenvalue weighted by Crippen LogP contribution is -2.28. The van der Waals surface area contributed by atoms with Gasteiger partial charge in [-0.2, -0.15) is 0 Å². The number of nitrogens with zero attached hydrogens (tertiary/aromatic N) is 3. The molecule has 2 aromatic carbocycles. The van der Waals surface area contributed by atoms with Gasteiger partial charge in [0.15, 0.2) is 11.0 Å². The molecule has 32 heavy (non-hydrogen) atoms. The molecular weight excluding hydrogens is 497 g/mol. The van der Waals surface area contributed by atoms with E-state index >= 15 is 0 Å². The molecule has 0 saturated heterocycles. The smallest absolute Gasteiger partial charge is 0.251 e. The second-order valence-electron chi connectivity index (χ2n) is 7.35. The van der Waals surface area contributed by atoms with E-state index in [9.17, 15) is 14.0 Å². The first-order chi connectivity index (χ1) is 15.2. The van der Waals surface area contributed by atoms with E-state index in [1.54, 1.807) is 18.5 Å². The fraction of sp³-hybridized carbons (Fsp3) is 0.273. The number of hydrogen-bond donors (Lipinski definition) is 2. The zero-order valence-electron chi connectivity index (χ0n) is 18.1. The van der Waals surface area contributed by atoms with Gasteiger partial charge in [0.25, 0.3) is 5.91 Å². The third kappa shape index (κ3) is 5.74. The normalized spacial score (nSPS) is 11.8. The largest absolute Gasteiger partial charge is 0.342 e. The Kier molecular flexibility index (Phi) is 7.68. The molecule has 168 valence electrons. The molecule has 2 N–H and O–H groups in total. The molecule has 0 aliphatic heterocycles. The molecule has 10 heteroatoms. The summed E-state index contributed by atoms with van der Waals surface area (Å²) in [5, 5.41) is 14.6. The number of benzene rings is 2. The maximum Gasteiger partial charge on any atom is 0.251 e. The van der Waals surface area contributed by atoms with Gasteiger partial charge in [0.2, 0.25) is 5.91 Å². The van der Waals surface area contributed by atoms with Crippen molar-refractivity contribution < 1.29 is 14.0 Å². The number of nitrogens with one attached hydrogen (secondary N) is 2. The SMILES string of the molecule is Cc1cc(Br)c(NC(=O)CSc2nnc([C@@H](C)NC(=O)c3ccc(F)cc3)n2C)cc1C. The molecule has 0 fully saturated rings. The quantitative estimate of drug-likeness (QED) is 0.446. The van der Waals surface area contributed by atoms with Gasteiger partial charge in [-0.25, -0.2) is 4.39 Å². The van der Waals surface area contributed by atoms with Gasteiger partial charge in [-0.1, -0.05) is 11.8 Å². The van der Waals surface area contributed by atoms with E-state index in [1.165, 1.54) is 36.0 Å². The van der Waals surface area contributed by atoms with Gasteiger partial charge < -0.3 is 15.2 Å². The highest BCUT2D eigenvalue weighted by Crippen LogP contribution is 2.27. The minimum Gasteiger partial charge on any atom is -0.342 e. The molecule has 0 unspecified atom stereocenters. The zero-order valence-corrected chi connectivity index (χ0v) is 20.5. The maximum atomic E-state index is 13.1. The molecule has 0 aliphatic carbocycles. The number of anilines is 1. The Balaban J connectivity index is 1.59. The summed E-state index contributed by atoms with van der Waals surface area (Å²) in [6.07, 6.45) is 0. The first-order valence-electron chi connectivity index (χ1n) is 9.80. The van der Waals surface area contributed by atoms with E-state index in [4.69, 9.17) is 0 Å². The van der Waals surface area contributed by atoms with Crippen LogP contribution in [0.1, 0.15) is 40.3 Å². The van der Waals surface area contributed by atoms with Crippen molar-refractivity contribution in [2.24, 2.45) is 7.05 Å². The Morgan fingerprint density at radius 2 is 1.81 bits per heavy atom. The van der Waals surface area contributed by atoms with Crippen LogP contribution in [0, 0.1) is 19.7 Å². The number of halogens is 2. The number of carbonyl (C=O) groups is 2. The number of aromatic nitrogens is 3. The Hall–Kier alpha value is -2.72. The fourth-order valence-electron chi connectivity index (χ4n) is 2.97. The molecule has 3 rings (SSSR count). The van der Waals surface area contributed by atoms with Gasteiger partial charge in [0.05, 0.1) is 17.5 Å². The summed E-state index contributed by atoms with van der Waals surface area (Å²) in [7, 11) is 1.77. The number of amides is 2. The lowest BCUT2D eigenvalue weighted by atomic mass is 10.1. The van der Waals surface area contributed by atoms with Gasteiger partial charge in [-0.15, -0.1) is 10.2 Å². The van der Waals surface area contributed by atoms with E-state index in [-0.39, 0.29) is 17.6 Å². The molecule has 0 bridgehead atoms. The molecule has 0 saturated carbocycles. The first kappa shape index (κ1) is 23.9. The summed E-state index contributed by atoms with van der Waals surface area (Å²) in [5.41, 5.74) is 3.29. The molecular formula is C22H23BrFN5O2S. The van der Waals surface area contributed by atoms with Crippen LogP contribution >= 0.6 is 27.7 Å². The molecule has 0 aliphatic rings. The molecule has 7 nitrogen and oxygen atoms in total. The second kappa shape index (κ2) is 10.3. The van der Waals surface area contributed by atoms with Crippen molar-refractivity contribution >= 4 is 45.2 Å². The van der Waals surface area contributed by atoms with Gasteiger partial charge >= 0.3 is 0 Å². The molecule has 0 spiro atoms. The van der Waals surface area contributed by atoms with Crippen LogP contribution in [-0.4, -0.2) is 32.3 Å². The van der Waals surface area contributed by atoms with Crippen molar-refractivity contribution in [1.82, 2.24) is 20.1 Å². The summed E-state index contributed by atoms with van der Waals surface area (Å²) in [4.78, 5) is 24.8. The van der Waals surface area contributed by atoms with E-state index in [0.29, 0.717) is 16.5 Å². The van der Waals surface area contributed by atoms with Crippen molar-refractivity contribution in [2.75, 3.05) is 11.1 Å². The number of aryl methyl sites for hydroxylation is 2. The minimum atomic E-state index is -0.431. The van der Waals surface area contributed by atoms with Crippen molar-refractivity contribution in [2.45, 2.75) is 32.0 Å². The Bertz CT molecular complexity index is 1150. The predicted octanol–water partition coefficient (Wildman–Crippen LogP) is 4.56. The number of hydrogen-bond acceptors (Lipinski definition) is 5. The van der Waals surface area contributed by atoms with Crippen LogP contribution < -0.4 is 10.6 Å². The molecule has 0 radical (unpaired) electrons. The van der Waals surface area contributed by atoms with E-state index in [0.717, 1.165) is 21.3 Å². The van der Waals surface area contributed by atoms with Gasteiger partial charge in [0.1, 0.15) is 5.82 Å². The van der Waals surface area contributed by atoms with Crippen LogP contribution in [0.3, 0.4) is 0 Å². The molecule has 1 heterocycles. The van der Waals surface area contributed by atoms with Crippen molar-refractivity contribution in [1.29, 1.82) is 0 Å². The summed E-state index contributed by atoms with van der Waals surface area (Å²) < 4.78 is 15.6. The molecule has 1 aromatic heterocycles. The van der Waals surface area contributed by atoms with E-state index < -0.39 is 11.9 Å². The third-order valence-electron chi connectivity index (χ3n) is 4.90. The van der Waals surface area contributed by atoms with Crippen LogP contribution in [0.2, 0.25) is 0 Å². The average Bonchev–Trinajstić information content (AvgIpc) is 3.11. The van der Waals surface area contributed by atoms with E-state index in [1.807, 2.05) is 26.0 Å². The van der Waals surface area contributed by atoms with Crippen molar-refractivity contribution in [3.05, 3.63) is 69.2 Å². The molecule has 2 amide bonds. The zero-order chi connectivity index (χ0) is 23.4. The van der Waals surface area contributed by atoms with Crippen LogP contribution in [0.25, 0.3) is 0 Å². The molecule has 1 atom stereocenters. The van der Waals surface area contributed by atoms with Crippen LogP contribution in [0.15, 0.2) is 46.0 Å². The van der Waals surface area contributed by atoms with E-state index in [2.05, 4.69) is 36.8 Å². The summed E-state index contributed by atoms with van der Waals surface area (Å²) in [5.74, 6) is -0.213. The summed E-state index contributed by atoms with van der Waals surface area (Å²) in [6.45, 7) is 5.78. The lowest BCUT2D eigenvalue weighted by Gasteiger charge is -2.14. The third-order valence-corrected chi connectivity index (χ3v) is 6.58. The predicted molar refractivity (Wildman–Crippen MR) is 126 cm³/mol. The Morgan fingerprint density at radius 1 is 1.16 bits per heavy atom. The monoisotopic (exact) mass is 519 g/mol. The van der Waals surface area contributed by atoms with Gasteiger partial charge in [-0.3, -0.25) is 9.59 Å². The Morgan fingerprint density at radius 3 is 2.50 bits per heavy atom. The van der Waals surface area contributed by atoms with Crippen LogP contribution in [-0.2, 0) is 11.8 Å². The fourth-order valence-corrected chi connectivity index (χ4v) is 4.24. The van der Waals surface area contributed by atoms with Crippen LogP contribution in [0.5, 0.6) is 0 Å². The molecule has 3 aromatic rings. The van der Waals surface area contributed by atoms with Crippen molar-refractivity contribution in [3.8, 4) is 0 Å². The summed E-state index contributed by atoms with van der Waals surface area (Å²) in [6, 6.07) is 8.77.